The summed E-state index contributed by atoms with van der Waals surface area (Å²) in [7, 11) is -69.7. The van der Waals surface area contributed by atoms with Gasteiger partial charge >= 0.3 is 73.5 Å². The summed E-state index contributed by atoms with van der Waals surface area (Å²) < 4.78 is 488. The minimum absolute atomic E-state index is 0.0508. The maximum atomic E-state index is 13.0. The first-order valence-electron chi connectivity index (χ1n) is 41.9. The van der Waals surface area contributed by atoms with Gasteiger partial charge in [0.05, 0.1) is 79.8 Å². The second-order valence-corrected chi connectivity index (χ2v) is 47.4. The van der Waals surface area contributed by atoms with Gasteiger partial charge < -0.3 is 47.7 Å². The largest absolute Gasteiger partial charge is 0.435 e. The number of likely N-dealkylation sites (tertiary alicyclic amines) is 4. The van der Waals surface area contributed by atoms with Crippen LogP contribution in [0.2, 0.25) is 0 Å². The molecule has 5 aliphatic rings. The summed E-state index contributed by atoms with van der Waals surface area (Å²) in [6.07, 6.45) is 11.3. The lowest BCUT2D eigenvalue weighted by atomic mass is 10.0. The molecule has 862 valence electrons. The topological polar surface area (TPSA) is 215 Å². The number of benzene rings is 7. The number of carbonyl (C=O) groups is 5. The Balaban J connectivity index is 0.000000357. The highest BCUT2D eigenvalue weighted by molar-refractivity contribution is 8.44. The first kappa shape index (κ1) is 133. The predicted octanol–water partition coefficient (Wildman–Crippen LogP) is 35.9. The molecule has 6 unspecified atom stereocenters. The SMILES string of the molecule is C=Cc1ccc(F)cc1.CC(c1cccc(OS(F)(F)(F)(F)F)c1)N1CCCCC1=O.FS(F)(F)(F)(F)OCl.Fc1ccc(C(Cl)COS(F)(F)(F)(F)F)cc1.Fc1ccc(C(Cl)COS(F)(F)(F)(F)F)cc1.O=C1CCCCN1.O=C1CCCCN1C(CO)c1ccc(OS(F)(F)(F)(F)F)cc1.O=C1CCCCN1C(CO)c1cccc(OS(F)(F)(F)(F)F)c1.O=C1CCCCN1C(COS(F)(F)(F)(F)F)c1ccc(F)cc1. The van der Waals surface area contributed by atoms with E-state index in [1.807, 2.05) is 0 Å². The normalized spacial score (nSPS) is 19.6. The molecule has 0 saturated carbocycles. The molecule has 19 nitrogen and oxygen atoms in total. The molecule has 0 spiro atoms. The van der Waals surface area contributed by atoms with Gasteiger partial charge in [-0.15, -0.1) is 26.9 Å². The standard InChI is InChI=1S/C13H15F6NO2S.2C13H16F5NO3S.C13H16F5NO2S.2C8H7ClF6OS.C8H7F.C5H9NO.ClF5OS/c14-11-6-4-10(5-7-11)12(9-22-23(15,16,17,18)19)20-8-2-1-3-13(20)21;14-23(15,16,17,18)22-11-5-3-4-10(8-11)12(9-20)19-7-2-1-6-13(19)21;14-23(15,16,17,18)22-11-6-4-10(5-7-11)12(9-20)19-8-2-1-3-13(19)21;1-10(19-8-3-2-7-13(19)20)11-5-4-6-12(9-11)21-22(14,15,16,17)18;2*9-8(5-16-17(11,12,13,14)15)6-1-3-7(10)4-2-6;1-2-7-3-5-8(9)6-4-7;7-5-3-1-2-4-6-5;1-7-8(2,3,4,5)6/h4-7,12H,1-3,8-9H2;3-5,8,12,20H,1-2,6-7,9H2;4-7,12,20H,1-3,8-9H2;4-6,9-10H,2-3,7-8H2,1H3;2*1-4,8H,5H2;2-6H,1H2;1-4H2,(H,6,7);. The number of aliphatic hydroxyl groups excluding tert-OH is 2. The summed E-state index contributed by atoms with van der Waals surface area (Å²) >= 11 is 14.3. The third kappa shape index (κ3) is 60.0. The molecule has 12 rings (SSSR count). The van der Waals surface area contributed by atoms with Crippen LogP contribution in [0.25, 0.3) is 6.08 Å². The number of hydrogen-bond acceptors (Lipinski definition) is 14. The van der Waals surface area contributed by atoms with Crippen LogP contribution in [0.5, 0.6) is 17.2 Å². The fraction of sp³-hybridized carbons (Fsp3) is 0.395. The van der Waals surface area contributed by atoms with E-state index in [1.54, 1.807) is 28.9 Å². The van der Waals surface area contributed by atoms with Gasteiger partial charge in [-0.1, -0.05) is 234 Å². The van der Waals surface area contributed by atoms with Crippen molar-refractivity contribution >= 4 is 144 Å². The zero-order valence-corrected chi connectivity index (χ0v) is 83.9. The number of hydrogen-bond donors (Lipinski definition) is 3. The first-order valence-corrected chi connectivity index (χ1v) is 56.2. The molecule has 149 heavy (non-hydrogen) atoms. The highest BCUT2D eigenvalue weighted by atomic mass is 35.5. The Morgan fingerprint density at radius 1 is 0.329 bits per heavy atom. The van der Waals surface area contributed by atoms with Gasteiger partial charge in [0, 0.05) is 64.8 Å². The lowest BCUT2D eigenvalue weighted by molar-refractivity contribution is -0.137. The highest BCUT2D eigenvalue weighted by Gasteiger charge is 2.71. The van der Waals surface area contributed by atoms with Crippen molar-refractivity contribution < 1.29 is 217 Å². The molecule has 0 radical (unpaired) electrons. The molecule has 5 saturated heterocycles. The van der Waals surface area contributed by atoms with E-state index in [0.717, 1.165) is 189 Å². The Labute approximate surface area is 840 Å². The Morgan fingerprint density at radius 2 is 0.604 bits per heavy atom. The van der Waals surface area contributed by atoms with Gasteiger partial charge in [-0.25, -0.2) is 30.1 Å². The van der Waals surface area contributed by atoms with Gasteiger partial charge in [0.1, 0.15) is 40.5 Å². The van der Waals surface area contributed by atoms with Crippen LogP contribution in [-0.4, -0.2) is 125 Å². The van der Waals surface area contributed by atoms with Crippen molar-refractivity contribution in [2.75, 3.05) is 65.8 Å². The second kappa shape index (κ2) is 44.3. The number of rotatable bonds is 29. The molecule has 5 aliphatic heterocycles. The van der Waals surface area contributed by atoms with E-state index >= 15 is 0 Å². The molecular formula is C81H93Cl3F39N5O14S7. The Morgan fingerprint density at radius 3 is 0.893 bits per heavy atom. The summed E-state index contributed by atoms with van der Waals surface area (Å²) in [6, 6.07) is 27.2. The van der Waals surface area contributed by atoms with Gasteiger partial charge in [-0.3, -0.25) is 24.0 Å². The Kier molecular flexibility index (Phi) is 39.5. The van der Waals surface area contributed by atoms with Crippen molar-refractivity contribution in [3.63, 3.8) is 0 Å². The minimum Gasteiger partial charge on any atom is -0.394 e. The predicted molar refractivity (Wildman–Crippen MR) is 491 cm³/mol. The summed E-state index contributed by atoms with van der Waals surface area (Å²) in [5.74, 6) is -5.92. The number of amides is 5. The number of nitrogens with zero attached hydrogens (tertiary/aromatic N) is 4. The molecule has 6 atom stereocenters. The van der Waals surface area contributed by atoms with Crippen LogP contribution in [0, 0.1) is 23.3 Å². The molecule has 5 fully saturated rings. The summed E-state index contributed by atoms with van der Waals surface area (Å²) in [4.78, 5) is 63.2. The molecule has 7 aromatic rings. The molecule has 5 heterocycles. The van der Waals surface area contributed by atoms with Crippen molar-refractivity contribution in [2.45, 2.75) is 138 Å². The third-order valence-electron chi connectivity index (χ3n) is 19.4. The maximum absolute atomic E-state index is 13.0. The zero-order valence-electron chi connectivity index (χ0n) is 75.9. The van der Waals surface area contributed by atoms with E-state index in [1.165, 1.54) is 45.0 Å². The van der Waals surface area contributed by atoms with E-state index in [9.17, 15) is 188 Å². The quantitative estimate of drug-likeness (QED) is 0.0294. The molecule has 0 aliphatic carbocycles. The van der Waals surface area contributed by atoms with Crippen molar-refractivity contribution in [1.82, 2.24) is 24.9 Å². The fourth-order valence-corrected chi connectivity index (χ4v) is 16.2. The Bertz CT molecular complexity index is 5620. The molecule has 68 heteroatoms. The molecule has 7 aromatic carbocycles. The van der Waals surface area contributed by atoms with Crippen LogP contribution >= 0.6 is 109 Å². The summed E-state index contributed by atoms with van der Waals surface area (Å²) in [5, 5.41) is 18.8. The van der Waals surface area contributed by atoms with Crippen molar-refractivity contribution in [3.8, 4) is 17.2 Å². The third-order valence-corrected chi connectivity index (χ3v) is 24.4. The first-order chi connectivity index (χ1) is 66.4. The van der Waals surface area contributed by atoms with E-state index in [0.29, 0.717) is 69.3 Å². The average Bonchev–Trinajstić information content (AvgIpc) is 0.761. The van der Waals surface area contributed by atoms with E-state index in [4.69, 9.17) is 23.2 Å². The van der Waals surface area contributed by atoms with Crippen molar-refractivity contribution in [3.05, 3.63) is 239 Å². The van der Waals surface area contributed by atoms with Crippen LogP contribution in [0.4, 0.5) is 154 Å². The summed E-state index contributed by atoms with van der Waals surface area (Å²) in [6.45, 7) is 2.18. The fourth-order valence-electron chi connectivity index (χ4n) is 13.0. The smallest absolute Gasteiger partial charge is 0.394 e. The van der Waals surface area contributed by atoms with Crippen LogP contribution < -0.4 is 17.9 Å². The number of halogens is 42. The van der Waals surface area contributed by atoms with Gasteiger partial charge in [0.25, 0.3) is 0 Å². The number of alkyl halides is 2. The molecular weight excluding hydrogens is 2340 g/mol. The van der Waals surface area contributed by atoms with Crippen molar-refractivity contribution in [1.29, 1.82) is 0 Å². The number of piperidine rings is 5. The molecule has 3 N–H and O–H groups in total. The number of nitrogens with one attached hydrogen (secondary N) is 1. The van der Waals surface area contributed by atoms with Crippen LogP contribution in [-0.2, 0) is 40.3 Å². The van der Waals surface area contributed by atoms with Crippen LogP contribution in [0.1, 0.15) is 177 Å². The molecule has 0 aromatic heterocycles. The lowest BCUT2D eigenvalue weighted by Crippen LogP contribution is -2.40. The number of aliphatic hydroxyl groups is 2. The van der Waals surface area contributed by atoms with Gasteiger partial charge in [-0.05, 0) is 195 Å². The molecule has 0 bridgehead atoms. The zero-order chi connectivity index (χ0) is 114. The number of carbonyl (C=O) groups excluding carboxylic acids is 5. The highest BCUT2D eigenvalue weighted by Crippen LogP contribution is 3.02. The van der Waals surface area contributed by atoms with Gasteiger partial charge in [-0.2, -0.15) is 0 Å². The van der Waals surface area contributed by atoms with Crippen LogP contribution in [0.3, 0.4) is 0 Å². The van der Waals surface area contributed by atoms with Crippen molar-refractivity contribution in [2.24, 2.45) is 0 Å². The van der Waals surface area contributed by atoms with E-state index in [-0.39, 0.29) is 71.1 Å². The van der Waals surface area contributed by atoms with E-state index in [2.05, 4.69) is 48.9 Å². The molecule has 5 amide bonds. The van der Waals surface area contributed by atoms with E-state index < -0.39 is 182 Å². The van der Waals surface area contributed by atoms with Gasteiger partial charge in [0.2, 0.25) is 29.5 Å². The Hall–Kier alpha value is -8.62. The van der Waals surface area contributed by atoms with Crippen LogP contribution in [0.15, 0.2) is 176 Å². The maximum Gasteiger partial charge on any atom is 0.435 e. The monoisotopic (exact) mass is 2430 g/mol. The minimum atomic E-state index is -10.1. The average molecular weight is 2430 g/mol. The second-order valence-electron chi connectivity index (χ2n) is 32.1. The van der Waals surface area contributed by atoms with Gasteiger partial charge in [0.15, 0.2) is 0 Å². The lowest BCUT2D eigenvalue weighted by Gasteiger charge is -2.42. The summed E-state index contributed by atoms with van der Waals surface area (Å²) in [5.41, 5.74) is 1.90.